The molecule has 0 bridgehead atoms. The SMILES string of the molecule is c1c(C2=NCC[NH2+]2)cc(C2=[NH+]CCN2)cc1C1=[NH+]CCN1. The van der Waals surface area contributed by atoms with Crippen molar-refractivity contribution in [2.45, 2.75) is 0 Å². The van der Waals surface area contributed by atoms with E-state index in [1.807, 2.05) is 0 Å². The van der Waals surface area contributed by atoms with E-state index in [1.165, 1.54) is 16.7 Å². The molecule has 108 valence electrons. The van der Waals surface area contributed by atoms with E-state index in [0.29, 0.717) is 0 Å². The van der Waals surface area contributed by atoms with Crippen LogP contribution in [0.1, 0.15) is 16.7 Å². The fourth-order valence-electron chi connectivity index (χ4n) is 3.01. The van der Waals surface area contributed by atoms with Gasteiger partial charge in [-0.15, -0.1) is 0 Å². The quantitative estimate of drug-likeness (QED) is 0.385. The fraction of sp³-hybridized carbons (Fsp3) is 0.400. The van der Waals surface area contributed by atoms with Crippen molar-refractivity contribution < 1.29 is 15.3 Å². The van der Waals surface area contributed by atoms with Crippen LogP contribution in [0, 0.1) is 0 Å². The predicted octanol–water partition coefficient (Wildman–Crippen LogP) is -5.13. The molecule has 21 heavy (non-hydrogen) atoms. The lowest BCUT2D eigenvalue weighted by Gasteiger charge is -2.05. The molecule has 0 aromatic heterocycles. The third-order valence-electron chi connectivity index (χ3n) is 4.01. The van der Waals surface area contributed by atoms with Crippen molar-refractivity contribution in [3.8, 4) is 0 Å². The van der Waals surface area contributed by atoms with Crippen molar-refractivity contribution in [1.82, 2.24) is 10.6 Å². The summed E-state index contributed by atoms with van der Waals surface area (Å²) in [5.74, 6) is 3.36. The molecule has 0 spiro atoms. The normalized spacial score (nSPS) is 20.7. The van der Waals surface area contributed by atoms with Crippen LogP contribution in [0.4, 0.5) is 0 Å². The number of nitrogens with two attached hydrogens (primary N) is 1. The average molecular weight is 285 g/mol. The zero-order chi connectivity index (χ0) is 14.1. The first-order chi connectivity index (χ1) is 10.4. The first kappa shape index (κ1) is 12.5. The lowest BCUT2D eigenvalue weighted by Crippen LogP contribution is -2.86. The number of quaternary nitrogens is 1. The van der Waals surface area contributed by atoms with Gasteiger partial charge in [0.25, 0.3) is 11.7 Å². The molecule has 0 radical (unpaired) electrons. The van der Waals surface area contributed by atoms with Crippen molar-refractivity contribution in [2.24, 2.45) is 4.99 Å². The van der Waals surface area contributed by atoms with Gasteiger partial charge in [0.05, 0.1) is 23.2 Å². The van der Waals surface area contributed by atoms with Crippen LogP contribution in [-0.4, -0.2) is 56.8 Å². The molecule has 3 aliphatic rings. The molecule has 0 saturated carbocycles. The highest BCUT2D eigenvalue weighted by Crippen LogP contribution is 2.11. The van der Waals surface area contributed by atoms with E-state index < -0.39 is 0 Å². The molecular formula is C15H21N6+3. The van der Waals surface area contributed by atoms with Crippen molar-refractivity contribution in [2.75, 3.05) is 39.3 Å². The Hall–Kier alpha value is -2.21. The summed E-state index contributed by atoms with van der Waals surface area (Å²) < 4.78 is 0. The van der Waals surface area contributed by atoms with E-state index in [4.69, 9.17) is 0 Å². The van der Waals surface area contributed by atoms with E-state index in [9.17, 15) is 0 Å². The third-order valence-corrected chi connectivity index (χ3v) is 4.01. The largest absolute Gasteiger partial charge is 0.296 e. The maximum atomic E-state index is 4.60. The number of benzene rings is 1. The fourth-order valence-corrected chi connectivity index (χ4v) is 3.01. The van der Waals surface area contributed by atoms with Gasteiger partial charge in [-0.1, -0.05) is 0 Å². The molecule has 0 saturated heterocycles. The van der Waals surface area contributed by atoms with E-state index in [2.05, 4.69) is 49.1 Å². The summed E-state index contributed by atoms with van der Waals surface area (Å²) in [6, 6.07) is 6.67. The Morgan fingerprint density at radius 1 is 0.905 bits per heavy atom. The molecule has 6 heteroatoms. The second-order valence-electron chi connectivity index (χ2n) is 5.52. The van der Waals surface area contributed by atoms with Gasteiger partial charge in [-0.25, -0.2) is 4.99 Å². The van der Waals surface area contributed by atoms with E-state index in [-0.39, 0.29) is 0 Å². The van der Waals surface area contributed by atoms with Crippen LogP contribution < -0.4 is 25.9 Å². The number of hydrogen-bond donors (Lipinski definition) is 5. The summed E-state index contributed by atoms with van der Waals surface area (Å²) in [7, 11) is 0. The molecule has 0 unspecified atom stereocenters. The number of nitrogens with zero attached hydrogens (tertiary/aromatic N) is 1. The molecule has 6 nitrogen and oxygen atoms in total. The summed E-state index contributed by atoms with van der Waals surface area (Å²) >= 11 is 0. The number of hydrogen-bond acceptors (Lipinski definition) is 3. The zero-order valence-electron chi connectivity index (χ0n) is 12.0. The molecule has 0 aliphatic carbocycles. The lowest BCUT2D eigenvalue weighted by atomic mass is 10.0. The molecule has 3 aliphatic heterocycles. The molecule has 1 aromatic rings. The Morgan fingerprint density at radius 2 is 1.52 bits per heavy atom. The minimum absolute atomic E-state index is 0.912. The summed E-state index contributed by atoms with van der Waals surface area (Å²) in [6.45, 7) is 5.89. The molecule has 4 rings (SSSR count). The Bertz CT molecular complexity index is 555. The maximum absolute atomic E-state index is 4.60. The average Bonchev–Trinajstić information content (AvgIpc) is 3.29. The van der Waals surface area contributed by atoms with Crippen LogP contribution in [-0.2, 0) is 0 Å². The van der Waals surface area contributed by atoms with Gasteiger partial charge in [0.1, 0.15) is 32.7 Å². The van der Waals surface area contributed by atoms with Gasteiger partial charge in [0, 0.05) is 0 Å². The summed E-state index contributed by atoms with van der Waals surface area (Å²) in [4.78, 5) is 11.4. The molecule has 0 amide bonds. The van der Waals surface area contributed by atoms with Crippen molar-refractivity contribution >= 4 is 17.5 Å². The second-order valence-corrected chi connectivity index (χ2v) is 5.52. The molecule has 1 aromatic carbocycles. The van der Waals surface area contributed by atoms with Gasteiger partial charge in [-0.2, -0.15) is 0 Å². The Balaban J connectivity index is 1.79. The van der Waals surface area contributed by atoms with Crippen LogP contribution in [0.2, 0.25) is 0 Å². The van der Waals surface area contributed by atoms with Gasteiger partial charge in [-0.05, 0) is 18.2 Å². The second kappa shape index (κ2) is 5.29. The lowest BCUT2D eigenvalue weighted by molar-refractivity contribution is -0.526. The molecular weight excluding hydrogens is 264 g/mol. The smallest absolute Gasteiger partial charge is 0.275 e. The Labute approximate surface area is 123 Å². The topological polar surface area (TPSA) is 81.0 Å². The van der Waals surface area contributed by atoms with Crippen LogP contribution in [0.3, 0.4) is 0 Å². The number of rotatable bonds is 3. The van der Waals surface area contributed by atoms with Crippen molar-refractivity contribution in [1.29, 1.82) is 0 Å². The van der Waals surface area contributed by atoms with Crippen LogP contribution >= 0.6 is 0 Å². The molecule has 0 fully saturated rings. The minimum Gasteiger partial charge on any atom is -0.296 e. The van der Waals surface area contributed by atoms with Crippen LogP contribution in [0.5, 0.6) is 0 Å². The first-order valence-electron chi connectivity index (χ1n) is 7.63. The number of nitrogens with one attached hydrogen (secondary N) is 4. The third kappa shape index (κ3) is 2.42. The van der Waals surface area contributed by atoms with Crippen molar-refractivity contribution in [3.05, 3.63) is 34.9 Å². The van der Waals surface area contributed by atoms with Gasteiger partial charge in [-0.3, -0.25) is 25.9 Å². The molecule has 0 atom stereocenters. The molecule has 3 heterocycles. The summed E-state index contributed by atoms with van der Waals surface area (Å²) in [5.41, 5.74) is 3.60. The zero-order valence-corrected chi connectivity index (χ0v) is 12.0. The number of aliphatic imine (C=N–C) groups is 1. The Kier molecular flexibility index (Phi) is 3.16. The van der Waals surface area contributed by atoms with E-state index in [1.54, 1.807) is 0 Å². The van der Waals surface area contributed by atoms with E-state index in [0.717, 1.165) is 56.8 Å². The van der Waals surface area contributed by atoms with Gasteiger partial charge < -0.3 is 0 Å². The first-order valence-corrected chi connectivity index (χ1v) is 7.63. The summed E-state index contributed by atoms with van der Waals surface area (Å²) in [6.07, 6.45) is 0. The summed E-state index contributed by atoms with van der Waals surface area (Å²) in [5, 5.41) is 9.05. The highest BCUT2D eigenvalue weighted by atomic mass is 15.1. The number of amidine groups is 3. The van der Waals surface area contributed by atoms with Gasteiger partial charge in [0.2, 0.25) is 5.84 Å². The standard InChI is InChI=1S/C15H18N6/c1-2-17-13(16-1)10-7-11(14-18-3-4-19-14)9-12(8-10)15-20-5-6-21-15/h7-9H,1-6H2,(H,16,17)(H,18,19)(H,20,21)/p+3. The van der Waals surface area contributed by atoms with Gasteiger partial charge in [0.15, 0.2) is 0 Å². The van der Waals surface area contributed by atoms with Crippen LogP contribution in [0.15, 0.2) is 23.2 Å². The highest BCUT2D eigenvalue weighted by molar-refractivity contribution is 6.04. The minimum atomic E-state index is 0.912. The van der Waals surface area contributed by atoms with Crippen molar-refractivity contribution in [3.63, 3.8) is 0 Å². The van der Waals surface area contributed by atoms with E-state index >= 15 is 0 Å². The highest BCUT2D eigenvalue weighted by Gasteiger charge is 2.24. The van der Waals surface area contributed by atoms with Gasteiger partial charge >= 0.3 is 0 Å². The molecule has 6 N–H and O–H groups in total. The monoisotopic (exact) mass is 285 g/mol. The predicted molar refractivity (Wildman–Crippen MR) is 80.5 cm³/mol. The maximum Gasteiger partial charge on any atom is 0.275 e. The Morgan fingerprint density at radius 3 is 2.00 bits per heavy atom. The van der Waals surface area contributed by atoms with Crippen LogP contribution in [0.25, 0.3) is 0 Å².